The Morgan fingerprint density at radius 1 is 1.35 bits per heavy atom. The van der Waals surface area contributed by atoms with Crippen molar-refractivity contribution in [3.8, 4) is 0 Å². The summed E-state index contributed by atoms with van der Waals surface area (Å²) in [5.74, 6) is 1.82. The van der Waals surface area contributed by atoms with Crippen LogP contribution < -0.4 is 5.32 Å². The van der Waals surface area contributed by atoms with Crippen molar-refractivity contribution >= 4 is 11.3 Å². The third-order valence-electron chi connectivity index (χ3n) is 3.83. The van der Waals surface area contributed by atoms with Gasteiger partial charge in [0.05, 0.1) is 5.69 Å². The molecule has 0 aliphatic heterocycles. The van der Waals surface area contributed by atoms with Crippen LogP contribution in [0.2, 0.25) is 0 Å². The van der Waals surface area contributed by atoms with Crippen LogP contribution in [0.15, 0.2) is 0 Å². The highest BCUT2D eigenvalue weighted by atomic mass is 32.1. The molecule has 1 aromatic heterocycles. The average Bonchev–Trinajstić information content (AvgIpc) is 2.58. The lowest BCUT2D eigenvalue weighted by Gasteiger charge is -2.26. The van der Waals surface area contributed by atoms with Gasteiger partial charge in [-0.25, -0.2) is 4.98 Å². The number of thiazole rings is 1. The maximum atomic E-state index is 4.56. The van der Waals surface area contributed by atoms with Gasteiger partial charge in [-0.3, -0.25) is 0 Å². The van der Waals surface area contributed by atoms with E-state index in [0.29, 0.717) is 0 Å². The topological polar surface area (TPSA) is 24.9 Å². The molecule has 0 radical (unpaired) electrons. The second kappa shape index (κ2) is 5.96. The van der Waals surface area contributed by atoms with Crippen LogP contribution in [0.25, 0.3) is 0 Å². The quantitative estimate of drug-likeness (QED) is 0.884. The van der Waals surface area contributed by atoms with Gasteiger partial charge < -0.3 is 5.32 Å². The monoisotopic (exact) mass is 252 g/mol. The van der Waals surface area contributed by atoms with Crippen LogP contribution in [0.4, 0.5) is 0 Å². The smallest absolute Gasteiger partial charge is 0.107 e. The van der Waals surface area contributed by atoms with E-state index in [1.54, 1.807) is 0 Å². The van der Waals surface area contributed by atoms with E-state index < -0.39 is 0 Å². The van der Waals surface area contributed by atoms with E-state index in [2.05, 4.69) is 31.1 Å². The molecule has 1 N–H and O–H groups in total. The van der Waals surface area contributed by atoms with Crippen molar-refractivity contribution in [1.82, 2.24) is 10.3 Å². The maximum absolute atomic E-state index is 4.56. The Bertz CT molecular complexity index is 340. The van der Waals surface area contributed by atoms with Gasteiger partial charge in [0.1, 0.15) is 5.01 Å². The Balaban J connectivity index is 1.72. The van der Waals surface area contributed by atoms with Gasteiger partial charge in [-0.05, 0) is 45.1 Å². The number of aromatic nitrogens is 1. The Hall–Kier alpha value is -0.410. The molecular formula is C14H24N2S. The molecule has 2 unspecified atom stereocenters. The number of aryl methyl sites for hydroxylation is 2. The van der Waals surface area contributed by atoms with Crippen LogP contribution in [0.1, 0.15) is 48.2 Å². The molecule has 2 nitrogen and oxygen atoms in total. The Morgan fingerprint density at radius 3 is 2.82 bits per heavy atom. The maximum Gasteiger partial charge on any atom is 0.107 e. The molecule has 1 fully saturated rings. The summed E-state index contributed by atoms with van der Waals surface area (Å²) in [5.41, 5.74) is 1.19. The first-order valence-electron chi connectivity index (χ1n) is 6.78. The molecule has 0 amide bonds. The van der Waals surface area contributed by atoms with Crippen LogP contribution in [-0.4, -0.2) is 11.5 Å². The molecule has 0 saturated heterocycles. The highest BCUT2D eigenvalue weighted by Gasteiger charge is 2.18. The minimum Gasteiger partial charge on any atom is -0.310 e. The lowest BCUT2D eigenvalue weighted by molar-refractivity contribution is 0.274. The minimum absolute atomic E-state index is 0.890. The van der Waals surface area contributed by atoms with E-state index >= 15 is 0 Å². The fourth-order valence-corrected chi connectivity index (χ4v) is 3.65. The minimum atomic E-state index is 0.890. The number of rotatable bonds is 4. The Labute approximate surface area is 109 Å². The lowest BCUT2D eigenvalue weighted by Crippen LogP contribution is -2.26. The largest absolute Gasteiger partial charge is 0.310 e. The summed E-state index contributed by atoms with van der Waals surface area (Å²) in [5, 5.41) is 4.82. The van der Waals surface area contributed by atoms with Crippen molar-refractivity contribution in [2.24, 2.45) is 11.8 Å². The predicted octanol–water partition coefficient (Wildman–Crippen LogP) is 3.68. The zero-order valence-electron chi connectivity index (χ0n) is 11.3. The van der Waals surface area contributed by atoms with Gasteiger partial charge in [-0.15, -0.1) is 11.3 Å². The summed E-state index contributed by atoms with van der Waals surface area (Å²) in [6.45, 7) is 8.75. The summed E-state index contributed by atoms with van der Waals surface area (Å²) in [7, 11) is 0. The van der Waals surface area contributed by atoms with E-state index in [0.717, 1.165) is 18.4 Å². The van der Waals surface area contributed by atoms with Crippen LogP contribution in [0.5, 0.6) is 0 Å². The van der Waals surface area contributed by atoms with Crippen molar-refractivity contribution in [1.29, 1.82) is 0 Å². The normalized spacial score (nSPS) is 25.1. The van der Waals surface area contributed by atoms with Gasteiger partial charge in [0.2, 0.25) is 0 Å². The van der Waals surface area contributed by atoms with Gasteiger partial charge in [-0.2, -0.15) is 0 Å². The molecule has 96 valence electrons. The second-order valence-electron chi connectivity index (χ2n) is 5.52. The summed E-state index contributed by atoms with van der Waals surface area (Å²) in [4.78, 5) is 5.92. The van der Waals surface area contributed by atoms with Crippen LogP contribution >= 0.6 is 11.3 Å². The molecule has 1 heterocycles. The van der Waals surface area contributed by atoms with Crippen LogP contribution in [0.3, 0.4) is 0 Å². The standard InChI is InChI=1S/C14H24N2S/c1-10-5-4-6-13(7-10)8-15-9-14-16-11(2)12(3)17-14/h10,13,15H,4-9H2,1-3H3. The average molecular weight is 252 g/mol. The number of hydrogen-bond donors (Lipinski definition) is 1. The molecule has 17 heavy (non-hydrogen) atoms. The molecule has 2 rings (SSSR count). The molecule has 3 heteroatoms. The SMILES string of the molecule is Cc1nc(CNCC2CCCC(C)C2)sc1C. The molecule has 0 bridgehead atoms. The summed E-state index contributed by atoms with van der Waals surface area (Å²) >= 11 is 1.83. The van der Waals surface area contributed by atoms with Crippen molar-refractivity contribution < 1.29 is 0 Å². The molecule has 1 aliphatic carbocycles. The summed E-state index contributed by atoms with van der Waals surface area (Å²) < 4.78 is 0. The van der Waals surface area contributed by atoms with Crippen molar-refractivity contribution in [3.63, 3.8) is 0 Å². The fourth-order valence-electron chi connectivity index (χ4n) is 2.74. The highest BCUT2D eigenvalue weighted by Crippen LogP contribution is 2.28. The zero-order valence-corrected chi connectivity index (χ0v) is 12.1. The number of hydrogen-bond acceptors (Lipinski definition) is 3. The van der Waals surface area contributed by atoms with E-state index in [1.165, 1.54) is 47.8 Å². The van der Waals surface area contributed by atoms with Crippen molar-refractivity contribution in [3.05, 3.63) is 15.6 Å². The molecule has 1 aliphatic rings. The van der Waals surface area contributed by atoms with Gasteiger partial charge in [0.25, 0.3) is 0 Å². The van der Waals surface area contributed by atoms with Crippen LogP contribution in [0, 0.1) is 25.7 Å². The molecule has 2 atom stereocenters. The first-order chi connectivity index (χ1) is 8.15. The van der Waals surface area contributed by atoms with Crippen LogP contribution in [-0.2, 0) is 6.54 Å². The summed E-state index contributed by atoms with van der Waals surface area (Å²) in [6, 6.07) is 0. The molecular weight excluding hydrogens is 228 g/mol. The lowest BCUT2D eigenvalue weighted by atomic mass is 9.82. The van der Waals surface area contributed by atoms with Crippen molar-refractivity contribution in [2.75, 3.05) is 6.54 Å². The third-order valence-corrected chi connectivity index (χ3v) is 4.90. The summed E-state index contributed by atoms with van der Waals surface area (Å²) in [6.07, 6.45) is 5.67. The number of nitrogens with one attached hydrogen (secondary N) is 1. The van der Waals surface area contributed by atoms with E-state index in [1.807, 2.05) is 11.3 Å². The first-order valence-corrected chi connectivity index (χ1v) is 7.60. The van der Waals surface area contributed by atoms with Gasteiger partial charge in [0.15, 0.2) is 0 Å². The van der Waals surface area contributed by atoms with E-state index in [-0.39, 0.29) is 0 Å². The third kappa shape index (κ3) is 3.78. The second-order valence-corrected chi connectivity index (χ2v) is 6.81. The molecule has 1 saturated carbocycles. The fraction of sp³-hybridized carbons (Fsp3) is 0.786. The van der Waals surface area contributed by atoms with E-state index in [4.69, 9.17) is 0 Å². The molecule has 0 spiro atoms. The predicted molar refractivity (Wildman–Crippen MR) is 74.4 cm³/mol. The Kier molecular flexibility index (Phi) is 4.57. The van der Waals surface area contributed by atoms with E-state index in [9.17, 15) is 0 Å². The van der Waals surface area contributed by atoms with Gasteiger partial charge in [-0.1, -0.05) is 19.8 Å². The highest BCUT2D eigenvalue weighted by molar-refractivity contribution is 7.11. The van der Waals surface area contributed by atoms with Gasteiger partial charge >= 0.3 is 0 Å². The number of nitrogens with zero attached hydrogens (tertiary/aromatic N) is 1. The molecule has 0 aromatic carbocycles. The van der Waals surface area contributed by atoms with Crippen molar-refractivity contribution in [2.45, 2.75) is 53.0 Å². The van der Waals surface area contributed by atoms with Gasteiger partial charge in [0, 0.05) is 11.4 Å². The zero-order chi connectivity index (χ0) is 12.3. The first kappa shape index (κ1) is 13.0. The molecule has 1 aromatic rings. The Morgan fingerprint density at radius 2 is 2.18 bits per heavy atom.